The van der Waals surface area contributed by atoms with E-state index in [1.165, 1.54) is 47.2 Å². The molecule has 0 N–H and O–H groups in total. The Kier molecular flexibility index (Phi) is 1.43. The van der Waals surface area contributed by atoms with Crippen LogP contribution in [0.5, 0.6) is 0 Å². The van der Waals surface area contributed by atoms with E-state index in [1.807, 2.05) is 0 Å². The van der Waals surface area contributed by atoms with Crippen molar-refractivity contribution in [2.75, 3.05) is 0 Å². The van der Waals surface area contributed by atoms with Crippen molar-refractivity contribution in [1.82, 2.24) is 0 Å². The van der Waals surface area contributed by atoms with E-state index in [4.69, 9.17) is 4.42 Å². The zero-order valence-electron chi connectivity index (χ0n) is 6.90. The minimum atomic E-state index is 0.741. The van der Waals surface area contributed by atoms with Crippen molar-refractivity contribution >= 4 is 15.9 Å². The normalized spacial score (nSPS) is 21.4. The maximum Gasteiger partial charge on any atom is 0.121 e. The molecule has 0 atom stereocenters. The Hall–Kier alpha value is -0.240. The van der Waals surface area contributed by atoms with Crippen molar-refractivity contribution in [2.24, 2.45) is 0 Å². The molecule has 0 aromatic carbocycles. The fourth-order valence-corrected chi connectivity index (χ4v) is 2.82. The van der Waals surface area contributed by atoms with E-state index in [0.717, 1.165) is 12.3 Å². The summed E-state index contributed by atoms with van der Waals surface area (Å²) in [5.74, 6) is 3.23. The maximum atomic E-state index is 5.83. The molecule has 0 bridgehead atoms. The van der Waals surface area contributed by atoms with Crippen LogP contribution in [0, 0.1) is 0 Å². The quantitative estimate of drug-likeness (QED) is 0.716. The van der Waals surface area contributed by atoms with Crippen molar-refractivity contribution in [3.05, 3.63) is 21.6 Å². The molecule has 0 radical (unpaired) electrons. The zero-order valence-corrected chi connectivity index (χ0v) is 8.49. The third-order valence-corrected chi connectivity index (χ3v) is 3.70. The molecule has 64 valence electrons. The van der Waals surface area contributed by atoms with Crippen LogP contribution in [0.2, 0.25) is 0 Å². The summed E-state index contributed by atoms with van der Waals surface area (Å²) >= 11 is 3.65. The second-order valence-corrected chi connectivity index (χ2v) is 4.60. The summed E-state index contributed by atoms with van der Waals surface area (Å²) in [7, 11) is 0. The molecule has 2 heteroatoms. The molecule has 1 saturated carbocycles. The van der Waals surface area contributed by atoms with Gasteiger partial charge in [-0.3, -0.25) is 0 Å². The smallest absolute Gasteiger partial charge is 0.121 e. The molecule has 1 heterocycles. The number of fused-ring (bicyclic) bond motifs is 1. The van der Waals surface area contributed by atoms with Crippen molar-refractivity contribution in [3.63, 3.8) is 0 Å². The minimum absolute atomic E-state index is 0.741. The number of hydrogen-bond acceptors (Lipinski definition) is 1. The van der Waals surface area contributed by atoms with Gasteiger partial charge in [-0.2, -0.15) is 0 Å². The number of furan rings is 1. The van der Waals surface area contributed by atoms with E-state index in [2.05, 4.69) is 15.9 Å². The zero-order chi connectivity index (χ0) is 8.13. The van der Waals surface area contributed by atoms with Crippen molar-refractivity contribution < 1.29 is 4.42 Å². The molecule has 0 saturated heterocycles. The standard InChI is InChI=1S/C10H11BrO/c11-9-7-2-1-3-8(7)12-10(9)6-4-5-6/h6H,1-5H2. The molecular weight excluding hydrogens is 216 g/mol. The predicted octanol–water partition coefficient (Wildman–Crippen LogP) is 3.41. The van der Waals surface area contributed by atoms with Gasteiger partial charge in [0.2, 0.25) is 0 Å². The van der Waals surface area contributed by atoms with Gasteiger partial charge in [-0.05, 0) is 41.6 Å². The Balaban J connectivity index is 2.10. The minimum Gasteiger partial charge on any atom is -0.464 e. The monoisotopic (exact) mass is 226 g/mol. The Morgan fingerprint density at radius 3 is 2.75 bits per heavy atom. The van der Waals surface area contributed by atoms with Gasteiger partial charge < -0.3 is 4.42 Å². The van der Waals surface area contributed by atoms with E-state index in [-0.39, 0.29) is 0 Å². The molecule has 12 heavy (non-hydrogen) atoms. The molecular formula is C10H11BrO. The lowest BCUT2D eigenvalue weighted by atomic mass is 10.2. The van der Waals surface area contributed by atoms with Crippen LogP contribution in [0.15, 0.2) is 8.89 Å². The highest BCUT2D eigenvalue weighted by molar-refractivity contribution is 9.10. The van der Waals surface area contributed by atoms with E-state index in [1.54, 1.807) is 0 Å². The number of halogens is 1. The Morgan fingerprint density at radius 1 is 1.25 bits per heavy atom. The number of aryl methyl sites for hydroxylation is 1. The van der Waals surface area contributed by atoms with Crippen LogP contribution >= 0.6 is 15.9 Å². The fraction of sp³-hybridized carbons (Fsp3) is 0.600. The molecule has 1 aromatic rings. The highest BCUT2D eigenvalue weighted by atomic mass is 79.9. The van der Waals surface area contributed by atoms with Gasteiger partial charge in [-0.25, -0.2) is 0 Å². The summed E-state index contributed by atoms with van der Waals surface area (Å²) < 4.78 is 7.12. The molecule has 0 aliphatic heterocycles. The summed E-state index contributed by atoms with van der Waals surface area (Å²) in [5.41, 5.74) is 1.46. The first-order valence-corrected chi connectivity index (χ1v) is 5.45. The second-order valence-electron chi connectivity index (χ2n) is 3.81. The first kappa shape index (κ1) is 7.19. The summed E-state index contributed by atoms with van der Waals surface area (Å²) in [4.78, 5) is 0. The highest BCUT2D eigenvalue weighted by Crippen LogP contribution is 2.47. The van der Waals surface area contributed by atoms with Gasteiger partial charge >= 0.3 is 0 Å². The molecule has 1 nitrogen and oxygen atoms in total. The van der Waals surface area contributed by atoms with Crippen molar-refractivity contribution in [3.8, 4) is 0 Å². The first-order chi connectivity index (χ1) is 5.86. The highest BCUT2D eigenvalue weighted by Gasteiger charge is 2.33. The van der Waals surface area contributed by atoms with Gasteiger partial charge in [0.05, 0.1) is 4.47 Å². The van der Waals surface area contributed by atoms with Crippen LogP contribution in [-0.2, 0) is 12.8 Å². The average Bonchev–Trinajstić information content (AvgIpc) is 2.71. The van der Waals surface area contributed by atoms with Crippen LogP contribution in [0.4, 0.5) is 0 Å². The van der Waals surface area contributed by atoms with Crippen LogP contribution in [0.1, 0.15) is 42.3 Å². The molecule has 0 amide bonds. The topological polar surface area (TPSA) is 13.1 Å². The largest absolute Gasteiger partial charge is 0.464 e. The van der Waals surface area contributed by atoms with Crippen LogP contribution in [0.3, 0.4) is 0 Å². The lowest BCUT2D eigenvalue weighted by Gasteiger charge is -1.93. The molecule has 2 aliphatic carbocycles. The van der Waals surface area contributed by atoms with Crippen molar-refractivity contribution in [2.45, 2.75) is 38.0 Å². The lowest BCUT2D eigenvalue weighted by molar-refractivity contribution is 0.469. The first-order valence-electron chi connectivity index (χ1n) is 4.66. The van der Waals surface area contributed by atoms with Gasteiger partial charge in [-0.15, -0.1) is 0 Å². The SMILES string of the molecule is Brc1c(C2CC2)oc2c1CCC2. The molecule has 3 rings (SSSR count). The fourth-order valence-electron chi connectivity index (χ4n) is 2.00. The third-order valence-electron chi connectivity index (χ3n) is 2.83. The molecule has 1 fully saturated rings. The summed E-state index contributed by atoms with van der Waals surface area (Å²) in [6, 6.07) is 0. The Bertz CT molecular complexity index is 323. The van der Waals surface area contributed by atoms with E-state index >= 15 is 0 Å². The third kappa shape index (κ3) is 0.905. The predicted molar refractivity (Wildman–Crippen MR) is 50.4 cm³/mol. The van der Waals surface area contributed by atoms with Crippen molar-refractivity contribution in [1.29, 1.82) is 0 Å². The summed E-state index contributed by atoms with van der Waals surface area (Å²) in [5, 5.41) is 0. The van der Waals surface area contributed by atoms with Gasteiger partial charge in [0, 0.05) is 17.9 Å². The van der Waals surface area contributed by atoms with E-state index in [9.17, 15) is 0 Å². The van der Waals surface area contributed by atoms with Gasteiger partial charge in [-0.1, -0.05) is 0 Å². The second kappa shape index (κ2) is 2.38. The lowest BCUT2D eigenvalue weighted by Crippen LogP contribution is -1.79. The Labute approximate surface area is 80.3 Å². The van der Waals surface area contributed by atoms with Gasteiger partial charge in [0.15, 0.2) is 0 Å². The number of hydrogen-bond donors (Lipinski definition) is 0. The number of rotatable bonds is 1. The summed E-state index contributed by atoms with van der Waals surface area (Å²) in [6.45, 7) is 0. The molecule has 0 spiro atoms. The average molecular weight is 227 g/mol. The van der Waals surface area contributed by atoms with Gasteiger partial charge in [0.25, 0.3) is 0 Å². The Morgan fingerprint density at radius 2 is 2.08 bits per heavy atom. The van der Waals surface area contributed by atoms with E-state index in [0.29, 0.717) is 0 Å². The van der Waals surface area contributed by atoms with Crippen LogP contribution < -0.4 is 0 Å². The van der Waals surface area contributed by atoms with E-state index < -0.39 is 0 Å². The van der Waals surface area contributed by atoms with Crippen LogP contribution in [-0.4, -0.2) is 0 Å². The molecule has 2 aliphatic rings. The van der Waals surface area contributed by atoms with Crippen LogP contribution in [0.25, 0.3) is 0 Å². The molecule has 0 unspecified atom stereocenters. The molecule has 1 aromatic heterocycles. The maximum absolute atomic E-state index is 5.83. The van der Waals surface area contributed by atoms with Gasteiger partial charge in [0.1, 0.15) is 11.5 Å². The summed E-state index contributed by atoms with van der Waals surface area (Å²) in [6.07, 6.45) is 6.29.